The van der Waals surface area contributed by atoms with Crippen LogP contribution in [0.5, 0.6) is 11.5 Å². The lowest BCUT2D eigenvalue weighted by molar-refractivity contribution is 0.393. The lowest BCUT2D eigenvalue weighted by Gasteiger charge is -2.16. The standard InChI is InChI=1S/C18H17FNO4P/c1-23-16-8-7-13-17(18(16)24-25(2,3)22)15(21)10-14(20-13)11-5-4-6-12(19)9-11/h4-10H,1-3H3,(H,20,21). The van der Waals surface area contributed by atoms with E-state index in [1.165, 1.54) is 38.6 Å². The quantitative estimate of drug-likeness (QED) is 0.705. The zero-order valence-corrected chi connectivity index (χ0v) is 14.9. The van der Waals surface area contributed by atoms with Crippen LogP contribution in [0.3, 0.4) is 0 Å². The molecule has 7 heteroatoms. The second-order valence-corrected chi connectivity index (χ2v) is 8.61. The molecule has 5 nitrogen and oxygen atoms in total. The number of fused-ring (bicyclic) bond motifs is 1. The molecule has 0 fully saturated rings. The van der Waals surface area contributed by atoms with Gasteiger partial charge in [0.25, 0.3) is 0 Å². The van der Waals surface area contributed by atoms with E-state index < -0.39 is 13.2 Å². The first-order chi connectivity index (χ1) is 11.8. The monoisotopic (exact) mass is 361 g/mol. The third-order valence-corrected chi connectivity index (χ3v) is 4.20. The molecule has 0 spiro atoms. The number of aromatic amines is 1. The van der Waals surface area contributed by atoms with Gasteiger partial charge < -0.3 is 14.2 Å². The molecule has 0 atom stereocenters. The zero-order chi connectivity index (χ0) is 18.2. The summed E-state index contributed by atoms with van der Waals surface area (Å²) in [5.41, 5.74) is 1.17. The van der Waals surface area contributed by atoms with Crippen molar-refractivity contribution in [1.29, 1.82) is 0 Å². The van der Waals surface area contributed by atoms with Gasteiger partial charge in [-0.05, 0) is 24.3 Å². The summed E-state index contributed by atoms with van der Waals surface area (Å²) in [6.07, 6.45) is 0. The predicted molar refractivity (Wildman–Crippen MR) is 96.6 cm³/mol. The SMILES string of the molecule is COc1ccc2[nH]c(-c3cccc(F)c3)cc(=O)c2c1OP(C)(C)=O. The summed E-state index contributed by atoms with van der Waals surface area (Å²) < 4.78 is 36.3. The maximum atomic E-state index is 13.5. The van der Waals surface area contributed by atoms with Crippen LogP contribution < -0.4 is 14.7 Å². The van der Waals surface area contributed by atoms with Gasteiger partial charge in [0.15, 0.2) is 16.9 Å². The fourth-order valence-electron chi connectivity index (χ4n) is 2.58. The number of H-pyrrole nitrogens is 1. The fraction of sp³-hybridized carbons (Fsp3) is 0.167. The normalized spacial score (nSPS) is 11.5. The number of halogens is 1. The van der Waals surface area contributed by atoms with Crippen LogP contribution in [-0.2, 0) is 4.57 Å². The second-order valence-electron chi connectivity index (χ2n) is 5.92. The summed E-state index contributed by atoms with van der Waals surface area (Å²) in [5.74, 6) is 0.0657. The van der Waals surface area contributed by atoms with Gasteiger partial charge in [0.1, 0.15) is 5.82 Å². The number of methoxy groups -OCH3 is 1. The molecule has 1 N–H and O–H groups in total. The molecular weight excluding hydrogens is 344 g/mol. The van der Waals surface area contributed by atoms with Crippen molar-refractivity contribution in [3.63, 3.8) is 0 Å². The Kier molecular flexibility index (Phi) is 4.39. The van der Waals surface area contributed by atoms with Crippen LogP contribution in [0, 0.1) is 5.82 Å². The highest BCUT2D eigenvalue weighted by atomic mass is 31.2. The van der Waals surface area contributed by atoms with Crippen LogP contribution in [0.25, 0.3) is 22.2 Å². The van der Waals surface area contributed by atoms with Gasteiger partial charge in [-0.1, -0.05) is 12.1 Å². The number of benzene rings is 2. The highest BCUT2D eigenvalue weighted by Crippen LogP contribution is 2.45. The third kappa shape index (κ3) is 3.59. The van der Waals surface area contributed by atoms with E-state index in [1.54, 1.807) is 24.3 Å². The maximum Gasteiger partial charge on any atom is 0.242 e. The molecule has 3 aromatic rings. The highest BCUT2D eigenvalue weighted by molar-refractivity contribution is 7.57. The molecule has 0 bridgehead atoms. The molecule has 0 saturated heterocycles. The lowest BCUT2D eigenvalue weighted by Crippen LogP contribution is -2.06. The van der Waals surface area contributed by atoms with Crippen LogP contribution in [-0.4, -0.2) is 25.4 Å². The van der Waals surface area contributed by atoms with Crippen molar-refractivity contribution in [1.82, 2.24) is 4.98 Å². The molecule has 3 rings (SSSR count). The summed E-state index contributed by atoms with van der Waals surface area (Å²) in [6, 6.07) is 10.6. The maximum absolute atomic E-state index is 13.5. The number of pyridine rings is 1. The molecule has 0 aliphatic carbocycles. The smallest absolute Gasteiger partial charge is 0.242 e. The summed E-state index contributed by atoms with van der Waals surface area (Å²) in [4.78, 5) is 15.8. The number of hydrogen-bond donors (Lipinski definition) is 1. The minimum atomic E-state index is -2.91. The van der Waals surface area contributed by atoms with Crippen molar-refractivity contribution in [3.8, 4) is 22.8 Å². The predicted octanol–water partition coefficient (Wildman–Crippen LogP) is 4.26. The van der Waals surface area contributed by atoms with Crippen LogP contribution in [0.4, 0.5) is 4.39 Å². The van der Waals surface area contributed by atoms with Gasteiger partial charge >= 0.3 is 0 Å². The van der Waals surface area contributed by atoms with Crippen LogP contribution in [0.2, 0.25) is 0 Å². The number of rotatable bonds is 4. The largest absolute Gasteiger partial charge is 0.493 e. The van der Waals surface area contributed by atoms with E-state index >= 15 is 0 Å². The zero-order valence-electron chi connectivity index (χ0n) is 14.0. The lowest BCUT2D eigenvalue weighted by atomic mass is 10.1. The van der Waals surface area contributed by atoms with Gasteiger partial charge in [-0.15, -0.1) is 0 Å². The summed E-state index contributed by atoms with van der Waals surface area (Å²) in [7, 11) is -1.47. The van der Waals surface area contributed by atoms with E-state index in [0.29, 0.717) is 22.5 Å². The van der Waals surface area contributed by atoms with Crippen molar-refractivity contribution < 1.29 is 18.2 Å². The van der Waals surface area contributed by atoms with E-state index in [-0.39, 0.29) is 16.6 Å². The molecule has 0 aliphatic rings. The molecule has 0 amide bonds. The average Bonchev–Trinajstić information content (AvgIpc) is 2.53. The van der Waals surface area contributed by atoms with E-state index in [4.69, 9.17) is 9.26 Å². The Morgan fingerprint density at radius 2 is 1.88 bits per heavy atom. The Morgan fingerprint density at radius 3 is 2.52 bits per heavy atom. The first kappa shape index (κ1) is 17.2. The van der Waals surface area contributed by atoms with Crippen LogP contribution in [0.1, 0.15) is 0 Å². The Balaban J connectivity index is 2.27. The van der Waals surface area contributed by atoms with Gasteiger partial charge in [-0.2, -0.15) is 0 Å². The van der Waals surface area contributed by atoms with Crippen molar-refractivity contribution in [2.75, 3.05) is 20.4 Å². The van der Waals surface area contributed by atoms with Gasteiger partial charge in [0.2, 0.25) is 7.37 Å². The van der Waals surface area contributed by atoms with Gasteiger partial charge in [0.05, 0.1) is 18.0 Å². The molecule has 1 heterocycles. The fourth-order valence-corrected chi connectivity index (χ4v) is 3.20. The minimum Gasteiger partial charge on any atom is -0.493 e. The Bertz CT molecular complexity index is 1050. The molecule has 25 heavy (non-hydrogen) atoms. The van der Waals surface area contributed by atoms with Crippen molar-refractivity contribution in [3.05, 3.63) is 58.5 Å². The topological polar surface area (TPSA) is 68.4 Å². The van der Waals surface area contributed by atoms with Gasteiger partial charge in [-0.3, -0.25) is 9.36 Å². The highest BCUT2D eigenvalue weighted by Gasteiger charge is 2.19. The number of hydrogen-bond acceptors (Lipinski definition) is 4. The second kappa shape index (κ2) is 6.37. The van der Waals surface area contributed by atoms with Gasteiger partial charge in [-0.25, -0.2) is 4.39 Å². The first-order valence-electron chi connectivity index (χ1n) is 7.53. The van der Waals surface area contributed by atoms with Gasteiger partial charge in [0, 0.05) is 30.7 Å². The molecule has 0 unspecified atom stereocenters. The molecule has 1 aromatic heterocycles. The molecular formula is C18H17FNO4P. The van der Waals surface area contributed by atoms with Crippen molar-refractivity contribution >= 4 is 18.3 Å². The van der Waals surface area contributed by atoms with Crippen molar-refractivity contribution in [2.24, 2.45) is 0 Å². The summed E-state index contributed by atoms with van der Waals surface area (Å²) in [6.45, 7) is 2.92. The molecule has 0 radical (unpaired) electrons. The van der Waals surface area contributed by atoms with Crippen LogP contribution >= 0.6 is 7.37 Å². The Hall–Kier alpha value is -2.59. The summed E-state index contributed by atoms with van der Waals surface area (Å²) >= 11 is 0. The molecule has 130 valence electrons. The van der Waals surface area contributed by atoms with E-state index in [2.05, 4.69) is 4.98 Å². The van der Waals surface area contributed by atoms with E-state index in [1.807, 2.05) is 0 Å². The van der Waals surface area contributed by atoms with E-state index in [0.717, 1.165) is 0 Å². The molecule has 0 saturated carbocycles. The number of aromatic nitrogens is 1. The van der Waals surface area contributed by atoms with Crippen molar-refractivity contribution in [2.45, 2.75) is 0 Å². The average molecular weight is 361 g/mol. The van der Waals surface area contributed by atoms with Crippen LogP contribution in [0.15, 0.2) is 47.3 Å². The first-order valence-corrected chi connectivity index (χ1v) is 10.0. The number of nitrogens with one attached hydrogen (secondary N) is 1. The molecule has 2 aromatic carbocycles. The minimum absolute atomic E-state index is 0.139. The summed E-state index contributed by atoms with van der Waals surface area (Å²) in [5, 5.41) is 0.239. The third-order valence-electron chi connectivity index (χ3n) is 3.58. The Morgan fingerprint density at radius 1 is 1.12 bits per heavy atom. The molecule has 0 aliphatic heterocycles. The number of ether oxygens (including phenoxy) is 1. The Labute approximate surface area is 143 Å². The van der Waals surface area contributed by atoms with E-state index in [9.17, 15) is 13.8 Å².